The number of phenols is 1. The van der Waals surface area contributed by atoms with Crippen molar-refractivity contribution in [2.24, 2.45) is 0 Å². The van der Waals surface area contributed by atoms with Gasteiger partial charge in [-0.1, -0.05) is 11.8 Å². The summed E-state index contributed by atoms with van der Waals surface area (Å²) in [7, 11) is 0. The minimum atomic E-state index is -0.587. The van der Waals surface area contributed by atoms with E-state index in [4.69, 9.17) is 26.4 Å². The highest BCUT2D eigenvalue weighted by atomic mass is 32.2. The molecule has 1 saturated heterocycles. The normalized spacial score (nSPS) is 21.1. The number of hydrogen-bond acceptors (Lipinski definition) is 6. The molecular weight excluding hydrogens is 339 g/mol. The Morgan fingerprint density at radius 3 is 2.91 bits per heavy atom. The smallest absolute Gasteiger partial charge is 0.220 e. The van der Waals surface area contributed by atoms with Crippen molar-refractivity contribution < 1.29 is 23.7 Å². The summed E-state index contributed by atoms with van der Waals surface area (Å²) in [5, 5.41) is 10.0. The quantitative estimate of drug-likeness (QED) is 0.796. The molecule has 1 aromatic rings. The zero-order chi connectivity index (χ0) is 17.0. The number of aromatic hydroxyl groups is 1. The summed E-state index contributed by atoms with van der Waals surface area (Å²) in [6.07, 6.45) is 2.40. The molecule has 0 unspecified atom stereocenters. The monoisotopic (exact) mass is 360 g/mol. The lowest BCUT2D eigenvalue weighted by molar-refractivity contribution is -0.139. The third-order valence-electron chi connectivity index (χ3n) is 3.56. The van der Waals surface area contributed by atoms with Gasteiger partial charge in [-0.15, -0.1) is 0 Å². The third-order valence-corrected chi connectivity index (χ3v) is 4.59. The van der Waals surface area contributed by atoms with Gasteiger partial charge in [0.2, 0.25) is 4.38 Å². The van der Waals surface area contributed by atoms with Gasteiger partial charge in [0.25, 0.3) is 0 Å². The van der Waals surface area contributed by atoms with Crippen molar-refractivity contribution in [3.63, 3.8) is 0 Å². The van der Waals surface area contributed by atoms with Gasteiger partial charge in [0, 0.05) is 5.56 Å². The number of hydrogen-bond donors (Lipinski definition) is 1. The maximum absolute atomic E-state index is 13.5. The van der Waals surface area contributed by atoms with E-state index >= 15 is 0 Å². The van der Waals surface area contributed by atoms with Crippen LogP contribution in [0.4, 0.5) is 4.39 Å². The van der Waals surface area contributed by atoms with Crippen LogP contribution in [0.2, 0.25) is 0 Å². The standard InChI is InChI=1S/C16H21FO4S2/c1-16(2)19-9-11(21-16)5-7-14(20-15(22)23-3)12-8-10(17)4-6-13(12)18/h4,6,8,11,14,18H,5,7,9H2,1-3H3/t11-,14+/m1/s1. The molecule has 1 N–H and O–H groups in total. The summed E-state index contributed by atoms with van der Waals surface area (Å²) in [5.74, 6) is -1.02. The van der Waals surface area contributed by atoms with E-state index in [0.717, 1.165) is 0 Å². The van der Waals surface area contributed by atoms with Crippen LogP contribution >= 0.6 is 24.0 Å². The first-order valence-corrected chi connectivity index (χ1v) is 8.99. The minimum absolute atomic E-state index is 0.00998. The molecule has 1 aromatic carbocycles. The maximum atomic E-state index is 13.5. The van der Waals surface area contributed by atoms with Crippen LogP contribution < -0.4 is 0 Å². The van der Waals surface area contributed by atoms with Gasteiger partial charge in [0.15, 0.2) is 5.79 Å². The van der Waals surface area contributed by atoms with Crippen molar-refractivity contribution in [2.45, 2.75) is 44.7 Å². The third kappa shape index (κ3) is 5.31. The van der Waals surface area contributed by atoms with E-state index < -0.39 is 17.7 Å². The molecule has 1 aliphatic rings. The van der Waals surface area contributed by atoms with Crippen LogP contribution in [0.15, 0.2) is 18.2 Å². The van der Waals surface area contributed by atoms with Crippen molar-refractivity contribution >= 4 is 28.4 Å². The van der Waals surface area contributed by atoms with Crippen LogP contribution in [-0.2, 0) is 14.2 Å². The first-order valence-electron chi connectivity index (χ1n) is 7.35. The molecule has 0 spiro atoms. The van der Waals surface area contributed by atoms with Gasteiger partial charge in [-0.3, -0.25) is 0 Å². The lowest BCUT2D eigenvalue weighted by Gasteiger charge is -2.22. The van der Waals surface area contributed by atoms with E-state index in [1.807, 2.05) is 13.8 Å². The molecule has 2 atom stereocenters. The van der Waals surface area contributed by atoms with Gasteiger partial charge in [0.05, 0.1) is 12.7 Å². The zero-order valence-electron chi connectivity index (χ0n) is 13.4. The number of ether oxygens (including phenoxy) is 3. The predicted octanol–water partition coefficient (Wildman–Crippen LogP) is 4.17. The van der Waals surface area contributed by atoms with E-state index in [9.17, 15) is 9.50 Å². The van der Waals surface area contributed by atoms with Crippen LogP contribution in [0.3, 0.4) is 0 Å². The van der Waals surface area contributed by atoms with Crippen molar-refractivity contribution in [3.05, 3.63) is 29.6 Å². The second kappa shape index (κ2) is 7.79. The minimum Gasteiger partial charge on any atom is -0.508 e. The Labute approximate surface area is 145 Å². The van der Waals surface area contributed by atoms with E-state index in [0.29, 0.717) is 29.4 Å². The SMILES string of the molecule is CSC(=S)O[C@@H](CC[C@@H]1COC(C)(C)O1)c1cc(F)ccc1O. The number of halogens is 1. The van der Waals surface area contributed by atoms with Crippen molar-refractivity contribution in [1.82, 2.24) is 0 Å². The molecule has 0 aromatic heterocycles. The molecule has 0 amide bonds. The average Bonchev–Trinajstić information content (AvgIpc) is 2.85. The first kappa shape index (κ1) is 18.4. The molecule has 23 heavy (non-hydrogen) atoms. The van der Waals surface area contributed by atoms with Crippen molar-refractivity contribution in [2.75, 3.05) is 12.9 Å². The van der Waals surface area contributed by atoms with Gasteiger partial charge in [-0.05, 0) is 63.4 Å². The second-order valence-electron chi connectivity index (χ2n) is 5.79. The molecule has 1 aliphatic heterocycles. The average molecular weight is 360 g/mol. The molecule has 0 aliphatic carbocycles. The predicted molar refractivity (Wildman–Crippen MR) is 92.1 cm³/mol. The number of phenolic OH excluding ortho intramolecular Hbond substituents is 1. The Kier molecular flexibility index (Phi) is 6.25. The molecule has 2 rings (SSSR count). The van der Waals surface area contributed by atoms with Crippen LogP contribution in [0.1, 0.15) is 38.4 Å². The highest BCUT2D eigenvalue weighted by molar-refractivity contribution is 8.22. The Morgan fingerprint density at radius 1 is 1.57 bits per heavy atom. The van der Waals surface area contributed by atoms with Gasteiger partial charge >= 0.3 is 0 Å². The van der Waals surface area contributed by atoms with Crippen molar-refractivity contribution in [3.8, 4) is 5.75 Å². The molecule has 1 fully saturated rings. The molecule has 128 valence electrons. The van der Waals surface area contributed by atoms with Crippen LogP contribution in [0.25, 0.3) is 0 Å². The zero-order valence-corrected chi connectivity index (χ0v) is 15.0. The topological polar surface area (TPSA) is 47.9 Å². The van der Waals surface area contributed by atoms with Crippen LogP contribution in [-0.4, -0.2) is 34.2 Å². The van der Waals surface area contributed by atoms with Crippen LogP contribution in [0.5, 0.6) is 5.75 Å². The van der Waals surface area contributed by atoms with Gasteiger partial charge in [-0.25, -0.2) is 4.39 Å². The maximum Gasteiger partial charge on any atom is 0.220 e. The molecular formula is C16H21FO4S2. The molecule has 7 heteroatoms. The molecule has 1 heterocycles. The molecule has 0 bridgehead atoms. The van der Waals surface area contributed by atoms with E-state index in [1.165, 1.54) is 30.0 Å². The first-order chi connectivity index (χ1) is 10.8. The summed E-state index contributed by atoms with van der Waals surface area (Å²) < 4.78 is 30.9. The Hall–Kier alpha value is -0.890. The molecule has 0 saturated carbocycles. The van der Waals surface area contributed by atoms with E-state index in [-0.39, 0.29) is 11.9 Å². The summed E-state index contributed by atoms with van der Waals surface area (Å²) in [6, 6.07) is 3.81. The fraction of sp³-hybridized carbons (Fsp3) is 0.562. The van der Waals surface area contributed by atoms with Gasteiger partial charge in [0.1, 0.15) is 17.7 Å². The van der Waals surface area contributed by atoms with E-state index in [2.05, 4.69) is 0 Å². The van der Waals surface area contributed by atoms with Gasteiger partial charge < -0.3 is 19.3 Å². The largest absolute Gasteiger partial charge is 0.508 e. The fourth-order valence-electron chi connectivity index (χ4n) is 2.47. The second-order valence-corrected chi connectivity index (χ2v) is 7.20. The summed E-state index contributed by atoms with van der Waals surface area (Å²) in [6.45, 7) is 4.23. The number of benzene rings is 1. The lowest BCUT2D eigenvalue weighted by atomic mass is 10.0. The Bertz CT molecular complexity index is 565. The number of thioether (sulfide) groups is 1. The lowest BCUT2D eigenvalue weighted by Crippen LogP contribution is -2.22. The summed E-state index contributed by atoms with van der Waals surface area (Å²) in [5.41, 5.74) is 0.388. The summed E-state index contributed by atoms with van der Waals surface area (Å²) >= 11 is 6.40. The van der Waals surface area contributed by atoms with E-state index in [1.54, 1.807) is 6.26 Å². The highest BCUT2D eigenvalue weighted by Crippen LogP contribution is 2.34. The Morgan fingerprint density at radius 2 is 2.30 bits per heavy atom. The van der Waals surface area contributed by atoms with Crippen molar-refractivity contribution in [1.29, 1.82) is 0 Å². The molecule has 4 nitrogen and oxygen atoms in total. The highest BCUT2D eigenvalue weighted by Gasteiger charge is 2.33. The fourth-order valence-corrected chi connectivity index (χ4v) is 2.80. The molecule has 0 radical (unpaired) electrons. The number of thiocarbonyl (C=S) groups is 1. The number of rotatable bonds is 5. The van der Waals surface area contributed by atoms with Gasteiger partial charge in [-0.2, -0.15) is 0 Å². The van der Waals surface area contributed by atoms with Crippen LogP contribution in [0, 0.1) is 5.82 Å². The summed E-state index contributed by atoms with van der Waals surface area (Å²) in [4.78, 5) is 0. The Balaban J connectivity index is 2.08.